The smallest absolute Gasteiger partial charge is 0.272 e. The number of nitrogens with zero attached hydrogens (tertiary/aromatic N) is 4. The van der Waals surface area contributed by atoms with E-state index in [4.69, 9.17) is 28.0 Å². The standard InChI is InChI=1S/C39H47N4O7P/c1-28(2)43(29(3)4)51(48-24-10-22-40)50-35-25-38(42-23-21-37(44)41-27-42)49-36(35)26-47-39(30-11-8-7-9-12-30,31-13-17-33(45-5)18-14-31)32-15-19-34(46-6)20-16-32/h7-9,11-21,23,27-29,35-36,38H,10,24-26H2,1-6H3/t35-,36+,38+,51?/m0/s1. The molecule has 0 saturated carbocycles. The molecule has 11 nitrogen and oxygen atoms in total. The molecule has 3 aromatic carbocycles. The minimum Gasteiger partial charge on any atom is -0.497 e. The van der Waals surface area contributed by atoms with Crippen molar-refractivity contribution < 1.29 is 28.0 Å². The Morgan fingerprint density at radius 3 is 2.02 bits per heavy atom. The normalized spacial score (nSPS) is 18.2. The van der Waals surface area contributed by atoms with Gasteiger partial charge in [-0.05, 0) is 68.7 Å². The first kappa shape index (κ1) is 38.1. The molecule has 0 bridgehead atoms. The summed E-state index contributed by atoms with van der Waals surface area (Å²) < 4.78 is 42.1. The van der Waals surface area contributed by atoms with Gasteiger partial charge in [0.25, 0.3) is 14.1 Å². The van der Waals surface area contributed by atoms with Crippen LogP contribution in [0.1, 0.15) is 63.5 Å². The first-order valence-corrected chi connectivity index (χ1v) is 18.3. The van der Waals surface area contributed by atoms with E-state index in [1.165, 1.54) is 12.4 Å². The summed E-state index contributed by atoms with van der Waals surface area (Å²) >= 11 is 0. The zero-order chi connectivity index (χ0) is 36.4. The van der Waals surface area contributed by atoms with E-state index >= 15 is 0 Å². The van der Waals surface area contributed by atoms with E-state index in [2.05, 4.69) is 55.6 Å². The van der Waals surface area contributed by atoms with Crippen LogP contribution < -0.4 is 15.0 Å². The van der Waals surface area contributed by atoms with Gasteiger partial charge in [-0.3, -0.25) is 4.79 Å². The third-order valence-electron chi connectivity index (χ3n) is 8.75. The van der Waals surface area contributed by atoms with Gasteiger partial charge in [0.15, 0.2) is 0 Å². The Labute approximate surface area is 301 Å². The molecule has 1 aliphatic heterocycles. The number of nitriles is 1. The van der Waals surface area contributed by atoms with Crippen molar-refractivity contribution in [2.75, 3.05) is 27.4 Å². The van der Waals surface area contributed by atoms with E-state index in [1.54, 1.807) is 25.0 Å². The van der Waals surface area contributed by atoms with Gasteiger partial charge in [0.05, 0.1) is 46.0 Å². The fourth-order valence-corrected chi connectivity index (χ4v) is 8.12. The van der Waals surface area contributed by atoms with Gasteiger partial charge in [0.2, 0.25) is 0 Å². The van der Waals surface area contributed by atoms with E-state index in [-0.39, 0.29) is 37.3 Å². The zero-order valence-electron chi connectivity index (χ0n) is 30.0. The molecule has 270 valence electrons. The van der Waals surface area contributed by atoms with Crippen molar-refractivity contribution in [3.63, 3.8) is 0 Å². The maximum atomic E-state index is 11.9. The van der Waals surface area contributed by atoms with E-state index in [9.17, 15) is 10.1 Å². The number of hydrogen-bond donors (Lipinski definition) is 0. The third-order valence-corrected chi connectivity index (χ3v) is 10.9. The Bertz CT molecular complexity index is 1690. The lowest BCUT2D eigenvalue weighted by Gasteiger charge is -2.39. The highest BCUT2D eigenvalue weighted by Crippen LogP contribution is 2.50. The molecule has 0 radical (unpaired) electrons. The van der Waals surface area contributed by atoms with Crippen molar-refractivity contribution in [3.05, 3.63) is 124 Å². The number of ether oxygens (including phenoxy) is 4. The molecule has 0 N–H and O–H groups in total. The molecule has 4 aromatic rings. The van der Waals surface area contributed by atoms with Crippen LogP contribution in [0.2, 0.25) is 0 Å². The molecule has 0 amide bonds. The molecular weight excluding hydrogens is 667 g/mol. The highest BCUT2D eigenvalue weighted by Gasteiger charge is 2.44. The first-order chi connectivity index (χ1) is 24.7. The van der Waals surface area contributed by atoms with Gasteiger partial charge >= 0.3 is 0 Å². The van der Waals surface area contributed by atoms with Gasteiger partial charge in [-0.1, -0.05) is 54.6 Å². The second kappa shape index (κ2) is 17.9. The first-order valence-electron chi connectivity index (χ1n) is 17.1. The summed E-state index contributed by atoms with van der Waals surface area (Å²) in [6.07, 6.45) is 2.34. The van der Waals surface area contributed by atoms with Crippen molar-refractivity contribution in [3.8, 4) is 17.6 Å². The minimum absolute atomic E-state index is 0.116. The van der Waals surface area contributed by atoms with Crippen LogP contribution in [0, 0.1) is 11.3 Å². The van der Waals surface area contributed by atoms with Crippen molar-refractivity contribution in [1.82, 2.24) is 14.2 Å². The Kier molecular flexibility index (Phi) is 13.4. The van der Waals surface area contributed by atoms with Crippen LogP contribution in [0.15, 0.2) is 102 Å². The summed E-state index contributed by atoms with van der Waals surface area (Å²) in [5.41, 5.74) is 1.31. The SMILES string of the molecule is COc1ccc(C(OC[C@H]2O[C@@H](n3ccc(=O)nc3)C[C@@H]2OP(OCCC#N)N(C(C)C)C(C)C)(c2ccccc2)c2ccc(OC)cc2)cc1. The quantitative estimate of drug-likeness (QED) is 0.0631. The van der Waals surface area contributed by atoms with E-state index in [0.717, 1.165) is 28.2 Å². The van der Waals surface area contributed by atoms with E-state index in [1.807, 2.05) is 66.7 Å². The van der Waals surface area contributed by atoms with Crippen LogP contribution in [-0.2, 0) is 24.1 Å². The predicted octanol–water partition coefficient (Wildman–Crippen LogP) is 7.22. The summed E-state index contributed by atoms with van der Waals surface area (Å²) in [5, 5.41) is 9.27. The summed E-state index contributed by atoms with van der Waals surface area (Å²) in [6, 6.07) is 29.6. The van der Waals surface area contributed by atoms with Crippen molar-refractivity contribution in [2.45, 2.75) is 76.7 Å². The third kappa shape index (κ3) is 9.03. The zero-order valence-corrected chi connectivity index (χ0v) is 30.9. The number of rotatable bonds is 17. The van der Waals surface area contributed by atoms with Gasteiger partial charge in [-0.15, -0.1) is 0 Å². The molecule has 51 heavy (non-hydrogen) atoms. The summed E-state index contributed by atoms with van der Waals surface area (Å²) in [7, 11) is 1.70. The molecule has 1 unspecified atom stereocenters. The fraction of sp³-hybridized carbons (Fsp3) is 0.410. The average Bonchev–Trinajstić information content (AvgIpc) is 3.55. The Balaban J connectivity index is 1.57. The molecule has 5 rings (SSSR count). The van der Waals surface area contributed by atoms with E-state index in [0.29, 0.717) is 6.42 Å². The van der Waals surface area contributed by atoms with Crippen LogP contribution in [0.4, 0.5) is 0 Å². The number of hydrogen-bond acceptors (Lipinski definition) is 10. The van der Waals surface area contributed by atoms with Gasteiger partial charge < -0.3 is 32.6 Å². The van der Waals surface area contributed by atoms with E-state index < -0.39 is 32.6 Å². The molecular formula is C39H47N4O7P. The molecule has 4 atom stereocenters. The predicted molar refractivity (Wildman–Crippen MR) is 195 cm³/mol. The summed E-state index contributed by atoms with van der Waals surface area (Å²) in [4.78, 5) is 15.8. The van der Waals surface area contributed by atoms with Gasteiger partial charge in [-0.2, -0.15) is 10.2 Å². The lowest BCUT2D eigenvalue weighted by atomic mass is 9.80. The maximum Gasteiger partial charge on any atom is 0.272 e. The molecule has 1 aromatic heterocycles. The maximum absolute atomic E-state index is 11.9. The van der Waals surface area contributed by atoms with Gasteiger partial charge in [0, 0.05) is 30.8 Å². The largest absolute Gasteiger partial charge is 0.497 e. The fourth-order valence-electron chi connectivity index (χ4n) is 6.36. The molecule has 1 saturated heterocycles. The lowest BCUT2D eigenvalue weighted by molar-refractivity contribution is -0.0920. The van der Waals surface area contributed by atoms with Crippen molar-refractivity contribution in [1.29, 1.82) is 5.26 Å². The summed E-state index contributed by atoms with van der Waals surface area (Å²) in [5.74, 6) is 1.45. The number of methoxy groups -OCH3 is 2. The molecule has 0 aliphatic carbocycles. The van der Waals surface area contributed by atoms with Gasteiger partial charge in [-0.25, -0.2) is 4.67 Å². The second-order valence-electron chi connectivity index (χ2n) is 12.7. The summed E-state index contributed by atoms with van der Waals surface area (Å²) in [6.45, 7) is 8.78. The molecule has 1 fully saturated rings. The van der Waals surface area contributed by atoms with Crippen LogP contribution >= 0.6 is 8.53 Å². The monoisotopic (exact) mass is 714 g/mol. The number of benzene rings is 3. The molecule has 0 spiro atoms. The highest BCUT2D eigenvalue weighted by atomic mass is 31.2. The Hall–Kier alpha value is -4.14. The van der Waals surface area contributed by atoms with Crippen LogP contribution in [0.25, 0.3) is 0 Å². The van der Waals surface area contributed by atoms with Crippen LogP contribution in [-0.4, -0.2) is 65.9 Å². The number of aromatic nitrogens is 2. The Morgan fingerprint density at radius 1 is 0.922 bits per heavy atom. The Morgan fingerprint density at radius 2 is 1.51 bits per heavy atom. The minimum atomic E-state index is -1.58. The van der Waals surface area contributed by atoms with Crippen LogP contribution in [0.5, 0.6) is 11.5 Å². The lowest BCUT2D eigenvalue weighted by Crippen LogP contribution is -2.39. The van der Waals surface area contributed by atoms with Gasteiger partial charge in [0.1, 0.15) is 35.8 Å². The highest BCUT2D eigenvalue weighted by molar-refractivity contribution is 7.44. The molecule has 2 heterocycles. The van der Waals surface area contributed by atoms with Crippen LogP contribution in [0.3, 0.4) is 0 Å². The van der Waals surface area contributed by atoms with Crippen molar-refractivity contribution >= 4 is 8.53 Å². The second-order valence-corrected chi connectivity index (χ2v) is 14.1. The average molecular weight is 715 g/mol. The molecule has 12 heteroatoms. The van der Waals surface area contributed by atoms with Crippen molar-refractivity contribution in [2.24, 2.45) is 0 Å². The molecule has 1 aliphatic rings. The topological polar surface area (TPSA) is 117 Å².